The van der Waals surface area contributed by atoms with Gasteiger partial charge in [0.05, 0.1) is 6.61 Å². The number of anilines is 1. The Labute approximate surface area is 107 Å². The van der Waals surface area contributed by atoms with E-state index in [1.54, 1.807) is 0 Å². The molecular formula is C10H15N3O6. The first-order valence-corrected chi connectivity index (χ1v) is 5.65. The third kappa shape index (κ3) is 2.91. The Morgan fingerprint density at radius 3 is 2.68 bits per heavy atom. The number of H-pyrrole nitrogens is 1. The van der Waals surface area contributed by atoms with Gasteiger partial charge in [-0.15, -0.1) is 0 Å². The fraction of sp³-hybridized carbons (Fsp3) is 0.600. The number of aromatic nitrogens is 2. The molecule has 1 aliphatic heterocycles. The van der Waals surface area contributed by atoms with Gasteiger partial charge < -0.3 is 30.5 Å². The van der Waals surface area contributed by atoms with Gasteiger partial charge in [0.1, 0.15) is 30.2 Å². The molecule has 0 radical (unpaired) electrons. The molecule has 1 aliphatic rings. The number of nitrogens with one attached hydrogen (secondary N) is 2. The van der Waals surface area contributed by atoms with Crippen molar-refractivity contribution in [2.45, 2.75) is 30.6 Å². The summed E-state index contributed by atoms with van der Waals surface area (Å²) >= 11 is 0. The van der Waals surface area contributed by atoms with Crippen molar-refractivity contribution in [2.75, 3.05) is 11.9 Å². The molecule has 6 N–H and O–H groups in total. The van der Waals surface area contributed by atoms with Crippen LogP contribution in [-0.4, -0.2) is 67.6 Å². The van der Waals surface area contributed by atoms with Crippen LogP contribution in [0.4, 0.5) is 5.82 Å². The molecule has 106 valence electrons. The summed E-state index contributed by atoms with van der Waals surface area (Å²) in [5.41, 5.74) is -0.588. The van der Waals surface area contributed by atoms with Crippen LogP contribution < -0.4 is 11.0 Å². The summed E-state index contributed by atoms with van der Waals surface area (Å²) < 4.78 is 5.21. The molecule has 0 bridgehead atoms. The number of nitrogens with zero attached hydrogens (tertiary/aromatic N) is 1. The number of rotatable bonds is 3. The fourth-order valence-electron chi connectivity index (χ4n) is 1.83. The largest absolute Gasteiger partial charge is 0.394 e. The summed E-state index contributed by atoms with van der Waals surface area (Å²) in [4.78, 5) is 16.8. The Morgan fingerprint density at radius 1 is 1.32 bits per heavy atom. The van der Waals surface area contributed by atoms with Gasteiger partial charge in [0.2, 0.25) is 0 Å². The third-order valence-electron chi connectivity index (χ3n) is 2.86. The molecule has 9 nitrogen and oxygen atoms in total. The van der Waals surface area contributed by atoms with E-state index in [1.165, 1.54) is 12.3 Å². The van der Waals surface area contributed by atoms with Crippen molar-refractivity contribution in [3.63, 3.8) is 0 Å². The normalized spacial score (nSPS) is 35.1. The first kappa shape index (κ1) is 13.9. The number of aliphatic hydroxyl groups is 4. The van der Waals surface area contributed by atoms with Crippen LogP contribution in [0.5, 0.6) is 0 Å². The zero-order valence-electron chi connectivity index (χ0n) is 9.80. The number of hydrogen-bond acceptors (Lipinski definition) is 8. The third-order valence-corrected chi connectivity index (χ3v) is 2.86. The van der Waals surface area contributed by atoms with Gasteiger partial charge in [-0.1, -0.05) is 0 Å². The molecule has 0 amide bonds. The standard InChI is InChI=1S/C10H15N3O6/c14-3-4-6(15)7(16)8(17)9(19-4)12-5-1-2-11-10(18)13-5/h1-2,4,6-9,14-17H,3H2,(H2,11,12,13,18)/t4-,6+,7+,8-,9-/m1/s1. The highest BCUT2D eigenvalue weighted by Crippen LogP contribution is 2.21. The fourth-order valence-corrected chi connectivity index (χ4v) is 1.83. The average Bonchev–Trinajstić information content (AvgIpc) is 2.39. The molecule has 5 atom stereocenters. The Kier molecular flexibility index (Phi) is 4.12. The lowest BCUT2D eigenvalue weighted by atomic mass is 9.98. The predicted octanol–water partition coefficient (Wildman–Crippen LogP) is -3.02. The maximum absolute atomic E-state index is 11.0. The lowest BCUT2D eigenvalue weighted by Gasteiger charge is -2.40. The molecule has 2 heterocycles. The van der Waals surface area contributed by atoms with Crippen LogP contribution in [0.1, 0.15) is 0 Å². The predicted molar refractivity (Wildman–Crippen MR) is 62.2 cm³/mol. The van der Waals surface area contributed by atoms with Crippen LogP contribution in [0.3, 0.4) is 0 Å². The lowest BCUT2D eigenvalue weighted by Crippen LogP contribution is -2.60. The van der Waals surface area contributed by atoms with E-state index in [0.29, 0.717) is 0 Å². The molecule has 0 unspecified atom stereocenters. The van der Waals surface area contributed by atoms with E-state index in [0.717, 1.165) is 0 Å². The SMILES string of the molecule is O=c1nccc(N[C@@H]2O[C@H](CO)[C@H](O)[C@H](O)[C@H]2O)[nH]1. The molecule has 1 aromatic heterocycles. The van der Waals surface area contributed by atoms with E-state index in [2.05, 4.69) is 15.3 Å². The zero-order chi connectivity index (χ0) is 14.0. The number of ether oxygens (including phenoxy) is 1. The van der Waals surface area contributed by atoms with Crippen LogP contribution in [0.2, 0.25) is 0 Å². The number of aromatic amines is 1. The van der Waals surface area contributed by atoms with Crippen LogP contribution >= 0.6 is 0 Å². The van der Waals surface area contributed by atoms with Crippen LogP contribution in [0.15, 0.2) is 17.1 Å². The van der Waals surface area contributed by atoms with E-state index >= 15 is 0 Å². The number of aliphatic hydroxyl groups excluding tert-OH is 4. The quantitative estimate of drug-likeness (QED) is 0.341. The molecule has 19 heavy (non-hydrogen) atoms. The molecule has 0 saturated carbocycles. The van der Waals surface area contributed by atoms with Crippen LogP contribution in [0, 0.1) is 0 Å². The van der Waals surface area contributed by atoms with Gasteiger partial charge in [-0.05, 0) is 6.07 Å². The second kappa shape index (κ2) is 5.63. The van der Waals surface area contributed by atoms with Crippen LogP contribution in [-0.2, 0) is 4.74 Å². The van der Waals surface area contributed by atoms with Gasteiger partial charge in [0.15, 0.2) is 6.23 Å². The number of hydrogen-bond donors (Lipinski definition) is 6. The second-order valence-corrected chi connectivity index (χ2v) is 4.18. The highest BCUT2D eigenvalue weighted by atomic mass is 16.6. The van der Waals surface area contributed by atoms with Crippen molar-refractivity contribution in [3.05, 3.63) is 22.7 Å². The van der Waals surface area contributed by atoms with E-state index in [9.17, 15) is 20.1 Å². The molecule has 1 aromatic rings. The van der Waals surface area contributed by atoms with Crippen LogP contribution in [0.25, 0.3) is 0 Å². The van der Waals surface area contributed by atoms with E-state index in [4.69, 9.17) is 9.84 Å². The summed E-state index contributed by atoms with van der Waals surface area (Å²) in [5, 5.41) is 40.6. The summed E-state index contributed by atoms with van der Waals surface area (Å²) in [7, 11) is 0. The molecule has 0 spiro atoms. The van der Waals surface area contributed by atoms with Gasteiger partial charge in [0.25, 0.3) is 0 Å². The van der Waals surface area contributed by atoms with Gasteiger partial charge in [-0.25, -0.2) is 9.78 Å². The zero-order valence-corrected chi connectivity index (χ0v) is 9.80. The molecular weight excluding hydrogens is 258 g/mol. The smallest absolute Gasteiger partial charge is 0.346 e. The lowest BCUT2D eigenvalue weighted by molar-refractivity contribution is -0.221. The highest BCUT2D eigenvalue weighted by Gasteiger charge is 2.43. The Morgan fingerprint density at radius 2 is 2.05 bits per heavy atom. The average molecular weight is 273 g/mol. The van der Waals surface area contributed by atoms with Gasteiger partial charge in [-0.2, -0.15) is 0 Å². The first-order chi connectivity index (χ1) is 9.02. The topological polar surface area (TPSA) is 148 Å². The minimum Gasteiger partial charge on any atom is -0.394 e. The van der Waals surface area contributed by atoms with Crippen molar-refractivity contribution in [1.82, 2.24) is 9.97 Å². The molecule has 2 rings (SSSR count). The van der Waals surface area contributed by atoms with E-state index in [1.807, 2.05) is 0 Å². The second-order valence-electron chi connectivity index (χ2n) is 4.18. The van der Waals surface area contributed by atoms with Crippen molar-refractivity contribution in [1.29, 1.82) is 0 Å². The van der Waals surface area contributed by atoms with Gasteiger partial charge >= 0.3 is 5.69 Å². The molecule has 0 aliphatic carbocycles. The molecule has 9 heteroatoms. The monoisotopic (exact) mass is 273 g/mol. The maximum atomic E-state index is 11.0. The maximum Gasteiger partial charge on any atom is 0.346 e. The van der Waals surface area contributed by atoms with E-state index in [-0.39, 0.29) is 5.82 Å². The summed E-state index contributed by atoms with van der Waals surface area (Å²) in [6.07, 6.45) is -5.16. The molecule has 1 fully saturated rings. The summed E-state index contributed by atoms with van der Waals surface area (Å²) in [6, 6.07) is 1.43. The van der Waals surface area contributed by atoms with Crippen molar-refractivity contribution in [3.8, 4) is 0 Å². The van der Waals surface area contributed by atoms with Crippen molar-refractivity contribution >= 4 is 5.82 Å². The van der Waals surface area contributed by atoms with Crippen molar-refractivity contribution in [2.24, 2.45) is 0 Å². The van der Waals surface area contributed by atoms with Crippen molar-refractivity contribution < 1.29 is 25.2 Å². The first-order valence-electron chi connectivity index (χ1n) is 5.65. The Bertz CT molecular complexity index is 478. The summed E-state index contributed by atoms with van der Waals surface area (Å²) in [6.45, 7) is -0.518. The summed E-state index contributed by atoms with van der Waals surface area (Å²) in [5.74, 6) is 0.226. The van der Waals surface area contributed by atoms with E-state index < -0.39 is 42.9 Å². The molecule has 0 aromatic carbocycles. The van der Waals surface area contributed by atoms with Gasteiger partial charge in [0, 0.05) is 6.20 Å². The Balaban J connectivity index is 2.13. The Hall–Kier alpha value is -1.52. The highest BCUT2D eigenvalue weighted by molar-refractivity contribution is 5.33. The van der Waals surface area contributed by atoms with Gasteiger partial charge in [-0.3, -0.25) is 4.98 Å². The molecule has 1 saturated heterocycles. The minimum atomic E-state index is -1.48. The minimum absolute atomic E-state index is 0.226.